The van der Waals surface area contributed by atoms with Gasteiger partial charge in [-0.25, -0.2) is 18.0 Å². The molecule has 1 amide bonds. The molecule has 5 nitrogen and oxygen atoms in total. The van der Waals surface area contributed by atoms with Crippen LogP contribution in [0.2, 0.25) is 0 Å². The SMILES string of the molecule is CCCCCCCCC(CCCNC(=O)Oc1c(F)c(F)c(F)c(F)c1F)C(CC)(OC)OC. The Kier molecular flexibility index (Phi) is 13.4. The number of carbonyl (C=O) groups excluding carboxylic acids is 1. The maximum Gasteiger partial charge on any atom is 0.412 e. The molecule has 0 aliphatic heterocycles. The molecule has 0 spiro atoms. The van der Waals surface area contributed by atoms with Gasteiger partial charge in [0.25, 0.3) is 0 Å². The van der Waals surface area contributed by atoms with Crippen molar-refractivity contribution in [1.82, 2.24) is 5.32 Å². The molecule has 1 unspecified atom stereocenters. The average Bonchev–Trinajstić information content (AvgIpc) is 2.84. The van der Waals surface area contributed by atoms with Crippen LogP contribution < -0.4 is 10.1 Å². The molecule has 0 heterocycles. The van der Waals surface area contributed by atoms with Crippen LogP contribution in [0, 0.1) is 35.0 Å². The molecule has 1 N–H and O–H groups in total. The summed E-state index contributed by atoms with van der Waals surface area (Å²) in [6.07, 6.45) is 8.07. The number of benzene rings is 1. The maximum atomic E-state index is 13.7. The summed E-state index contributed by atoms with van der Waals surface area (Å²) < 4.78 is 82.7. The number of amides is 1. The third kappa shape index (κ3) is 8.08. The van der Waals surface area contributed by atoms with E-state index >= 15 is 0 Å². The monoisotopic (exact) mass is 497 g/mol. The molecule has 196 valence electrons. The highest BCUT2D eigenvalue weighted by molar-refractivity contribution is 5.70. The third-order valence-corrected chi connectivity index (χ3v) is 6.07. The highest BCUT2D eigenvalue weighted by atomic mass is 19.2. The van der Waals surface area contributed by atoms with E-state index < -0.39 is 46.7 Å². The van der Waals surface area contributed by atoms with Gasteiger partial charge in [0, 0.05) is 26.7 Å². The molecular weight excluding hydrogens is 461 g/mol. The Labute approximate surface area is 198 Å². The molecule has 0 saturated carbocycles. The number of ether oxygens (including phenoxy) is 3. The largest absolute Gasteiger partial charge is 0.412 e. The van der Waals surface area contributed by atoms with Crippen molar-refractivity contribution >= 4 is 6.09 Å². The van der Waals surface area contributed by atoms with Crippen LogP contribution in [0.25, 0.3) is 0 Å². The van der Waals surface area contributed by atoms with Gasteiger partial charge in [0.2, 0.25) is 34.8 Å². The molecule has 1 aromatic rings. The normalized spacial score (nSPS) is 12.6. The van der Waals surface area contributed by atoms with Crippen LogP contribution in [-0.2, 0) is 9.47 Å². The number of carbonyl (C=O) groups is 1. The number of unbranched alkanes of at least 4 members (excludes halogenated alkanes) is 5. The average molecular weight is 498 g/mol. The third-order valence-electron chi connectivity index (χ3n) is 6.07. The Morgan fingerprint density at radius 1 is 0.794 bits per heavy atom. The highest BCUT2D eigenvalue weighted by Crippen LogP contribution is 2.34. The van der Waals surface area contributed by atoms with E-state index in [0.717, 1.165) is 25.7 Å². The lowest BCUT2D eigenvalue weighted by Crippen LogP contribution is -2.42. The molecule has 10 heteroatoms. The lowest BCUT2D eigenvalue weighted by Gasteiger charge is -2.38. The van der Waals surface area contributed by atoms with Crippen molar-refractivity contribution in [2.24, 2.45) is 5.92 Å². The van der Waals surface area contributed by atoms with Crippen molar-refractivity contribution in [2.75, 3.05) is 20.8 Å². The smallest absolute Gasteiger partial charge is 0.404 e. The predicted octanol–water partition coefficient (Wildman–Crippen LogP) is 7.02. The number of halogens is 5. The zero-order valence-corrected chi connectivity index (χ0v) is 20.4. The van der Waals surface area contributed by atoms with Gasteiger partial charge in [0.15, 0.2) is 5.79 Å². The molecule has 0 aliphatic rings. The summed E-state index contributed by atoms with van der Waals surface area (Å²) in [6, 6.07) is 0. The van der Waals surface area contributed by atoms with E-state index in [1.807, 2.05) is 6.92 Å². The van der Waals surface area contributed by atoms with Gasteiger partial charge in [-0.3, -0.25) is 0 Å². The fraction of sp³-hybridized carbons (Fsp3) is 0.708. The minimum atomic E-state index is -2.32. The quantitative estimate of drug-likeness (QED) is 0.0877. The molecule has 0 aromatic heterocycles. The van der Waals surface area contributed by atoms with E-state index in [4.69, 9.17) is 9.47 Å². The molecule has 0 saturated heterocycles. The molecule has 0 aliphatic carbocycles. The lowest BCUT2D eigenvalue weighted by atomic mass is 9.86. The van der Waals surface area contributed by atoms with Crippen molar-refractivity contribution in [1.29, 1.82) is 0 Å². The van der Waals surface area contributed by atoms with Gasteiger partial charge in [-0.2, -0.15) is 8.78 Å². The van der Waals surface area contributed by atoms with Gasteiger partial charge >= 0.3 is 6.09 Å². The minimum absolute atomic E-state index is 0.0340. The fourth-order valence-corrected chi connectivity index (χ4v) is 4.09. The Hall–Kier alpha value is -1.94. The summed E-state index contributed by atoms with van der Waals surface area (Å²) in [5.41, 5.74) is 0. The van der Waals surface area contributed by atoms with E-state index in [-0.39, 0.29) is 12.5 Å². The first-order valence-corrected chi connectivity index (χ1v) is 11.8. The zero-order chi connectivity index (χ0) is 25.7. The summed E-state index contributed by atoms with van der Waals surface area (Å²) in [7, 11) is 3.17. The summed E-state index contributed by atoms with van der Waals surface area (Å²) in [5, 5.41) is 2.28. The zero-order valence-electron chi connectivity index (χ0n) is 20.4. The molecular formula is C24H36F5NO4. The van der Waals surface area contributed by atoms with Crippen LogP contribution in [0.4, 0.5) is 26.7 Å². The van der Waals surface area contributed by atoms with Gasteiger partial charge in [-0.05, 0) is 25.7 Å². The second-order valence-corrected chi connectivity index (χ2v) is 8.18. The van der Waals surface area contributed by atoms with Crippen molar-refractivity contribution in [2.45, 2.75) is 83.8 Å². The molecule has 0 bridgehead atoms. The minimum Gasteiger partial charge on any atom is -0.404 e. The topological polar surface area (TPSA) is 56.8 Å². The first kappa shape index (κ1) is 30.1. The molecule has 0 fully saturated rings. The van der Waals surface area contributed by atoms with Crippen molar-refractivity contribution in [3.8, 4) is 5.75 Å². The van der Waals surface area contributed by atoms with Crippen LogP contribution in [0.1, 0.15) is 78.1 Å². The summed E-state index contributed by atoms with van der Waals surface area (Å²) >= 11 is 0. The first-order valence-electron chi connectivity index (χ1n) is 11.8. The fourth-order valence-electron chi connectivity index (χ4n) is 4.09. The molecule has 0 radical (unpaired) electrons. The van der Waals surface area contributed by atoms with Gasteiger partial charge in [0.1, 0.15) is 0 Å². The van der Waals surface area contributed by atoms with E-state index in [9.17, 15) is 26.7 Å². The Morgan fingerprint density at radius 3 is 1.82 bits per heavy atom. The Morgan fingerprint density at radius 2 is 1.29 bits per heavy atom. The number of rotatable bonds is 16. The van der Waals surface area contributed by atoms with E-state index in [1.54, 1.807) is 14.2 Å². The van der Waals surface area contributed by atoms with Crippen molar-refractivity contribution in [3.63, 3.8) is 0 Å². The van der Waals surface area contributed by atoms with Crippen LogP contribution in [0.3, 0.4) is 0 Å². The maximum absolute atomic E-state index is 13.7. The van der Waals surface area contributed by atoms with Crippen LogP contribution in [0.5, 0.6) is 5.75 Å². The summed E-state index contributed by atoms with van der Waals surface area (Å²) in [5.74, 6) is -13.5. The number of hydrogen-bond donors (Lipinski definition) is 1. The van der Waals surface area contributed by atoms with Gasteiger partial charge in [0.05, 0.1) is 0 Å². The summed E-state index contributed by atoms with van der Waals surface area (Å²) in [4.78, 5) is 11.9. The van der Waals surface area contributed by atoms with E-state index in [2.05, 4.69) is 17.0 Å². The number of methoxy groups -OCH3 is 2. The van der Waals surface area contributed by atoms with E-state index in [1.165, 1.54) is 19.3 Å². The second-order valence-electron chi connectivity index (χ2n) is 8.18. The molecule has 34 heavy (non-hydrogen) atoms. The van der Waals surface area contributed by atoms with Crippen LogP contribution in [-0.4, -0.2) is 32.6 Å². The van der Waals surface area contributed by atoms with Gasteiger partial charge < -0.3 is 19.5 Å². The van der Waals surface area contributed by atoms with E-state index in [0.29, 0.717) is 19.3 Å². The van der Waals surface area contributed by atoms with Gasteiger partial charge in [-0.1, -0.05) is 52.4 Å². The lowest BCUT2D eigenvalue weighted by molar-refractivity contribution is -0.244. The Bertz CT molecular complexity index is 737. The molecule has 1 aromatic carbocycles. The number of nitrogens with one attached hydrogen (secondary N) is 1. The first-order chi connectivity index (χ1) is 16.2. The number of hydrogen-bond acceptors (Lipinski definition) is 4. The second kappa shape index (κ2) is 15.1. The van der Waals surface area contributed by atoms with Crippen LogP contribution in [0.15, 0.2) is 0 Å². The molecule has 1 rings (SSSR count). The van der Waals surface area contributed by atoms with Crippen LogP contribution >= 0.6 is 0 Å². The van der Waals surface area contributed by atoms with Crippen molar-refractivity contribution in [3.05, 3.63) is 29.1 Å². The van der Waals surface area contributed by atoms with Crippen molar-refractivity contribution < 1.29 is 41.0 Å². The highest BCUT2D eigenvalue weighted by Gasteiger charge is 2.36. The predicted molar refractivity (Wildman–Crippen MR) is 118 cm³/mol. The van der Waals surface area contributed by atoms with Gasteiger partial charge in [-0.15, -0.1) is 0 Å². The standard InChI is InChI=1S/C24H36F5NO4/c1-5-7-8-9-10-11-13-16(24(6-2,32-3)33-4)14-12-15-30-23(31)34-22-20(28)18(26)17(25)19(27)21(22)29/h16H,5-15H2,1-4H3,(H,30,31). The Balaban J connectivity index is 2.65. The summed E-state index contributed by atoms with van der Waals surface area (Å²) in [6.45, 7) is 4.19. The molecule has 1 atom stereocenters.